The van der Waals surface area contributed by atoms with Gasteiger partial charge in [-0.25, -0.2) is 4.98 Å². The summed E-state index contributed by atoms with van der Waals surface area (Å²) in [7, 11) is 0. The SMILES string of the molecule is CC(=O)Nc1ccc(Sc2ccc(N)nc2)cc1. The first-order valence-electron chi connectivity index (χ1n) is 5.40. The summed E-state index contributed by atoms with van der Waals surface area (Å²) in [6.07, 6.45) is 1.74. The van der Waals surface area contributed by atoms with Crippen molar-refractivity contribution in [3.05, 3.63) is 42.6 Å². The minimum Gasteiger partial charge on any atom is -0.384 e. The van der Waals surface area contributed by atoms with E-state index in [-0.39, 0.29) is 5.91 Å². The molecule has 92 valence electrons. The fraction of sp³-hybridized carbons (Fsp3) is 0.0769. The standard InChI is InChI=1S/C13H13N3OS/c1-9(17)16-10-2-4-11(5-3-10)18-12-6-7-13(14)15-8-12/h2-8H,1H3,(H2,14,15)(H,16,17). The number of nitrogen functional groups attached to an aromatic ring is 1. The number of hydrogen-bond donors (Lipinski definition) is 2. The van der Waals surface area contributed by atoms with Crippen molar-refractivity contribution < 1.29 is 4.79 Å². The molecule has 0 aliphatic rings. The van der Waals surface area contributed by atoms with Gasteiger partial charge in [0, 0.05) is 28.6 Å². The zero-order valence-corrected chi connectivity index (χ0v) is 10.7. The minimum atomic E-state index is -0.0712. The second kappa shape index (κ2) is 5.55. The number of rotatable bonds is 3. The Morgan fingerprint density at radius 1 is 1.17 bits per heavy atom. The van der Waals surface area contributed by atoms with E-state index in [1.807, 2.05) is 30.3 Å². The van der Waals surface area contributed by atoms with Gasteiger partial charge in [0.15, 0.2) is 0 Å². The molecule has 0 spiro atoms. The van der Waals surface area contributed by atoms with E-state index in [2.05, 4.69) is 10.3 Å². The van der Waals surface area contributed by atoms with Crippen LogP contribution < -0.4 is 11.1 Å². The number of benzene rings is 1. The molecule has 0 fully saturated rings. The Balaban J connectivity index is 2.06. The molecule has 2 aromatic rings. The Kier molecular flexibility index (Phi) is 3.84. The van der Waals surface area contributed by atoms with E-state index in [0.29, 0.717) is 5.82 Å². The first kappa shape index (κ1) is 12.4. The van der Waals surface area contributed by atoms with Crippen LogP contribution in [0, 0.1) is 0 Å². The number of hydrogen-bond acceptors (Lipinski definition) is 4. The van der Waals surface area contributed by atoms with Crippen molar-refractivity contribution >= 4 is 29.2 Å². The monoisotopic (exact) mass is 259 g/mol. The number of anilines is 2. The third kappa shape index (κ3) is 3.49. The van der Waals surface area contributed by atoms with Crippen molar-refractivity contribution in [1.29, 1.82) is 0 Å². The van der Waals surface area contributed by atoms with Crippen molar-refractivity contribution in [2.24, 2.45) is 0 Å². The molecule has 1 aromatic heterocycles. The third-order valence-corrected chi connectivity index (χ3v) is 3.15. The highest BCUT2D eigenvalue weighted by Crippen LogP contribution is 2.28. The van der Waals surface area contributed by atoms with E-state index in [9.17, 15) is 4.79 Å². The predicted molar refractivity (Wildman–Crippen MR) is 73.5 cm³/mol. The molecule has 5 heteroatoms. The molecule has 0 unspecified atom stereocenters. The number of nitrogens with two attached hydrogens (primary N) is 1. The van der Waals surface area contributed by atoms with Crippen molar-refractivity contribution in [3.8, 4) is 0 Å². The Morgan fingerprint density at radius 3 is 2.39 bits per heavy atom. The lowest BCUT2D eigenvalue weighted by Crippen LogP contribution is -2.05. The van der Waals surface area contributed by atoms with Crippen LogP contribution in [0.5, 0.6) is 0 Å². The molecule has 0 saturated heterocycles. The lowest BCUT2D eigenvalue weighted by atomic mass is 10.3. The van der Waals surface area contributed by atoms with E-state index >= 15 is 0 Å². The predicted octanol–water partition coefficient (Wildman–Crippen LogP) is 2.77. The van der Waals surface area contributed by atoms with Crippen LogP contribution in [-0.4, -0.2) is 10.9 Å². The Bertz CT molecular complexity index is 537. The second-order valence-corrected chi connectivity index (χ2v) is 4.87. The Labute approximate surface area is 110 Å². The van der Waals surface area contributed by atoms with Gasteiger partial charge in [0.1, 0.15) is 5.82 Å². The summed E-state index contributed by atoms with van der Waals surface area (Å²) >= 11 is 1.59. The number of aromatic nitrogens is 1. The highest BCUT2D eigenvalue weighted by Gasteiger charge is 1.99. The smallest absolute Gasteiger partial charge is 0.221 e. The molecule has 1 aromatic carbocycles. The summed E-state index contributed by atoms with van der Waals surface area (Å²) in [6, 6.07) is 11.3. The lowest BCUT2D eigenvalue weighted by Gasteiger charge is -2.04. The van der Waals surface area contributed by atoms with Gasteiger partial charge in [0.05, 0.1) is 0 Å². The van der Waals surface area contributed by atoms with Crippen LogP contribution in [0.25, 0.3) is 0 Å². The quantitative estimate of drug-likeness (QED) is 0.889. The third-order valence-electron chi connectivity index (χ3n) is 2.17. The summed E-state index contributed by atoms with van der Waals surface area (Å²) in [5.41, 5.74) is 6.32. The van der Waals surface area contributed by atoms with E-state index in [1.165, 1.54) is 6.92 Å². The zero-order chi connectivity index (χ0) is 13.0. The highest BCUT2D eigenvalue weighted by atomic mass is 32.2. The zero-order valence-electron chi connectivity index (χ0n) is 9.88. The van der Waals surface area contributed by atoms with Gasteiger partial charge in [0.25, 0.3) is 0 Å². The van der Waals surface area contributed by atoms with E-state index < -0.39 is 0 Å². The lowest BCUT2D eigenvalue weighted by molar-refractivity contribution is -0.114. The number of nitrogens with one attached hydrogen (secondary N) is 1. The summed E-state index contributed by atoms with van der Waals surface area (Å²) in [6.45, 7) is 1.49. The number of nitrogens with zero attached hydrogens (tertiary/aromatic N) is 1. The summed E-state index contributed by atoms with van der Waals surface area (Å²) < 4.78 is 0. The second-order valence-electron chi connectivity index (χ2n) is 3.73. The molecule has 3 N–H and O–H groups in total. The first-order valence-corrected chi connectivity index (χ1v) is 6.22. The van der Waals surface area contributed by atoms with Crippen molar-refractivity contribution in [3.63, 3.8) is 0 Å². The number of carbonyl (C=O) groups is 1. The van der Waals surface area contributed by atoms with Gasteiger partial charge in [0.2, 0.25) is 5.91 Å². The molecular weight excluding hydrogens is 246 g/mol. The molecule has 0 bridgehead atoms. The molecule has 0 aliphatic carbocycles. The largest absolute Gasteiger partial charge is 0.384 e. The van der Waals surface area contributed by atoms with Gasteiger partial charge in [-0.05, 0) is 36.4 Å². The van der Waals surface area contributed by atoms with Gasteiger partial charge in [-0.1, -0.05) is 11.8 Å². The van der Waals surface area contributed by atoms with Crippen LogP contribution in [0.1, 0.15) is 6.92 Å². The van der Waals surface area contributed by atoms with Gasteiger partial charge in [-0.2, -0.15) is 0 Å². The average molecular weight is 259 g/mol. The molecule has 2 rings (SSSR count). The van der Waals surface area contributed by atoms with E-state index in [0.717, 1.165) is 15.5 Å². The number of amides is 1. The van der Waals surface area contributed by atoms with Gasteiger partial charge < -0.3 is 11.1 Å². The number of pyridine rings is 1. The van der Waals surface area contributed by atoms with Crippen LogP contribution >= 0.6 is 11.8 Å². The van der Waals surface area contributed by atoms with Gasteiger partial charge in [-0.3, -0.25) is 4.79 Å². The molecular formula is C13H13N3OS. The normalized spacial score (nSPS) is 10.1. The van der Waals surface area contributed by atoms with Crippen molar-refractivity contribution in [2.45, 2.75) is 16.7 Å². The topological polar surface area (TPSA) is 68.0 Å². The Hall–Kier alpha value is -2.01. The van der Waals surface area contributed by atoms with E-state index in [4.69, 9.17) is 5.73 Å². The van der Waals surface area contributed by atoms with Crippen molar-refractivity contribution in [2.75, 3.05) is 11.1 Å². The maximum absolute atomic E-state index is 10.9. The first-order chi connectivity index (χ1) is 8.63. The van der Waals surface area contributed by atoms with E-state index in [1.54, 1.807) is 24.0 Å². The van der Waals surface area contributed by atoms with Crippen LogP contribution in [0.4, 0.5) is 11.5 Å². The molecule has 0 atom stereocenters. The molecule has 0 saturated carbocycles. The molecule has 0 radical (unpaired) electrons. The van der Waals surface area contributed by atoms with Crippen LogP contribution in [0.15, 0.2) is 52.4 Å². The average Bonchev–Trinajstić information content (AvgIpc) is 2.34. The molecule has 0 aliphatic heterocycles. The molecule has 1 amide bonds. The summed E-state index contributed by atoms with van der Waals surface area (Å²) in [4.78, 5) is 17.0. The summed E-state index contributed by atoms with van der Waals surface area (Å²) in [5.74, 6) is 0.443. The molecule has 4 nitrogen and oxygen atoms in total. The van der Waals surface area contributed by atoms with Crippen LogP contribution in [0.3, 0.4) is 0 Å². The fourth-order valence-corrected chi connectivity index (χ4v) is 2.18. The van der Waals surface area contributed by atoms with Crippen LogP contribution in [-0.2, 0) is 4.79 Å². The molecule has 18 heavy (non-hydrogen) atoms. The van der Waals surface area contributed by atoms with Gasteiger partial charge in [-0.15, -0.1) is 0 Å². The van der Waals surface area contributed by atoms with Gasteiger partial charge >= 0.3 is 0 Å². The Morgan fingerprint density at radius 2 is 1.83 bits per heavy atom. The van der Waals surface area contributed by atoms with Crippen molar-refractivity contribution in [1.82, 2.24) is 4.98 Å². The molecule has 1 heterocycles. The summed E-state index contributed by atoms with van der Waals surface area (Å²) in [5, 5.41) is 2.73. The highest BCUT2D eigenvalue weighted by molar-refractivity contribution is 7.99. The maximum Gasteiger partial charge on any atom is 0.221 e. The fourth-order valence-electron chi connectivity index (χ4n) is 1.40. The minimum absolute atomic E-state index is 0.0712. The number of carbonyl (C=O) groups excluding carboxylic acids is 1. The maximum atomic E-state index is 10.9. The van der Waals surface area contributed by atoms with Crippen LogP contribution in [0.2, 0.25) is 0 Å².